The Balaban J connectivity index is 1.73. The Labute approximate surface area is 123 Å². The Kier molecular flexibility index (Phi) is 5.81. The summed E-state index contributed by atoms with van der Waals surface area (Å²) in [5, 5.41) is 6.47. The smallest absolute Gasteiger partial charge is 0.237 e. The normalized spacial score (nSPS) is 26.9. The average molecular weight is 282 g/mol. The molecule has 116 valence electrons. The monoisotopic (exact) mass is 282 g/mol. The van der Waals surface area contributed by atoms with E-state index in [9.17, 15) is 4.79 Å². The van der Waals surface area contributed by atoms with Gasteiger partial charge in [-0.05, 0) is 25.8 Å². The molecule has 0 aromatic carbocycles. The molecule has 2 N–H and O–H groups in total. The summed E-state index contributed by atoms with van der Waals surface area (Å²) < 4.78 is 0. The molecule has 0 aliphatic carbocycles. The number of rotatable bonds is 5. The van der Waals surface area contributed by atoms with Gasteiger partial charge in [0, 0.05) is 45.3 Å². The van der Waals surface area contributed by atoms with Crippen LogP contribution in [0.15, 0.2) is 0 Å². The molecule has 1 amide bonds. The summed E-state index contributed by atoms with van der Waals surface area (Å²) >= 11 is 0. The maximum Gasteiger partial charge on any atom is 0.237 e. The first-order chi connectivity index (χ1) is 9.58. The van der Waals surface area contributed by atoms with Gasteiger partial charge in [-0.15, -0.1) is 0 Å². The van der Waals surface area contributed by atoms with Gasteiger partial charge in [0.15, 0.2) is 0 Å². The van der Waals surface area contributed by atoms with E-state index in [1.165, 1.54) is 6.42 Å². The maximum atomic E-state index is 12.1. The molecule has 2 fully saturated rings. The predicted molar refractivity (Wildman–Crippen MR) is 81.7 cm³/mol. The lowest BCUT2D eigenvalue weighted by Gasteiger charge is -2.39. The van der Waals surface area contributed by atoms with Gasteiger partial charge in [0.1, 0.15) is 0 Å². The van der Waals surface area contributed by atoms with Gasteiger partial charge >= 0.3 is 0 Å². The Morgan fingerprint density at radius 1 is 1.25 bits per heavy atom. The third kappa shape index (κ3) is 4.17. The molecule has 2 rings (SSSR count). The molecule has 0 bridgehead atoms. The molecule has 20 heavy (non-hydrogen) atoms. The highest BCUT2D eigenvalue weighted by molar-refractivity contribution is 5.81. The lowest BCUT2D eigenvalue weighted by Crippen LogP contribution is -2.56. The molecule has 5 nitrogen and oxygen atoms in total. The Hall–Kier alpha value is -0.650. The highest BCUT2D eigenvalue weighted by Gasteiger charge is 2.29. The lowest BCUT2D eigenvalue weighted by atomic mass is 10.1. The number of carbonyl (C=O) groups is 1. The third-order valence-corrected chi connectivity index (χ3v) is 4.51. The highest BCUT2D eigenvalue weighted by atomic mass is 16.2. The van der Waals surface area contributed by atoms with Crippen molar-refractivity contribution < 1.29 is 4.79 Å². The molecule has 2 heterocycles. The number of piperazine rings is 1. The zero-order valence-corrected chi connectivity index (χ0v) is 13.2. The molecule has 0 aromatic rings. The van der Waals surface area contributed by atoms with Gasteiger partial charge in [-0.3, -0.25) is 14.6 Å². The molecule has 0 spiro atoms. The first-order valence-electron chi connectivity index (χ1n) is 8.04. The van der Waals surface area contributed by atoms with Gasteiger partial charge < -0.3 is 10.6 Å². The fourth-order valence-corrected chi connectivity index (χ4v) is 3.06. The molecule has 2 aliphatic heterocycles. The zero-order valence-electron chi connectivity index (χ0n) is 13.2. The summed E-state index contributed by atoms with van der Waals surface area (Å²) in [6, 6.07) is 0.708. The quantitative estimate of drug-likeness (QED) is 0.752. The van der Waals surface area contributed by atoms with Crippen LogP contribution in [-0.4, -0.2) is 73.6 Å². The molecule has 5 heteroatoms. The Bertz CT molecular complexity index is 307. The van der Waals surface area contributed by atoms with Crippen molar-refractivity contribution >= 4 is 5.91 Å². The van der Waals surface area contributed by atoms with Crippen molar-refractivity contribution in [1.82, 2.24) is 20.4 Å². The van der Waals surface area contributed by atoms with E-state index in [0.29, 0.717) is 12.0 Å². The molecule has 2 atom stereocenters. The van der Waals surface area contributed by atoms with Gasteiger partial charge in [0.25, 0.3) is 0 Å². The summed E-state index contributed by atoms with van der Waals surface area (Å²) in [5.74, 6) is 0.688. The van der Waals surface area contributed by atoms with E-state index in [-0.39, 0.29) is 11.9 Å². The van der Waals surface area contributed by atoms with Gasteiger partial charge in [0.2, 0.25) is 5.91 Å². The minimum absolute atomic E-state index is 0.00222. The molecule has 0 radical (unpaired) electrons. The van der Waals surface area contributed by atoms with Gasteiger partial charge in [0.05, 0.1) is 6.04 Å². The fraction of sp³-hybridized carbons (Fsp3) is 0.933. The van der Waals surface area contributed by atoms with Crippen molar-refractivity contribution in [2.45, 2.75) is 39.3 Å². The second kappa shape index (κ2) is 7.38. The average Bonchev–Trinajstić information content (AvgIpc) is 2.98. The summed E-state index contributed by atoms with van der Waals surface area (Å²) in [4.78, 5) is 17.0. The van der Waals surface area contributed by atoms with Crippen LogP contribution in [0.1, 0.15) is 27.2 Å². The van der Waals surface area contributed by atoms with Crippen molar-refractivity contribution in [2.24, 2.45) is 5.92 Å². The van der Waals surface area contributed by atoms with Gasteiger partial charge in [-0.1, -0.05) is 13.8 Å². The number of hydrogen-bond acceptors (Lipinski definition) is 4. The van der Waals surface area contributed by atoms with Crippen LogP contribution in [0.4, 0.5) is 0 Å². The van der Waals surface area contributed by atoms with Crippen molar-refractivity contribution in [3.05, 3.63) is 0 Å². The number of hydrogen-bond donors (Lipinski definition) is 2. The number of carbonyl (C=O) groups excluding carboxylic acids is 1. The standard InChI is InChI=1S/C15H30N4O/c1-12(2)10-17-15(20)13(3)18-6-8-19(9-7-18)14-4-5-16-11-14/h12-14,16H,4-11H2,1-3H3,(H,17,20). The minimum Gasteiger partial charge on any atom is -0.354 e. The van der Waals surface area contributed by atoms with Crippen molar-refractivity contribution in [2.75, 3.05) is 45.8 Å². The molecule has 2 aliphatic rings. The number of nitrogens with zero attached hydrogens (tertiary/aromatic N) is 2. The molecule has 0 saturated carbocycles. The van der Waals surface area contributed by atoms with Gasteiger partial charge in [-0.25, -0.2) is 0 Å². The number of nitrogens with one attached hydrogen (secondary N) is 2. The fourth-order valence-electron chi connectivity index (χ4n) is 3.06. The lowest BCUT2D eigenvalue weighted by molar-refractivity contribution is -0.126. The summed E-state index contributed by atoms with van der Waals surface area (Å²) in [7, 11) is 0. The van der Waals surface area contributed by atoms with Crippen LogP contribution in [0.2, 0.25) is 0 Å². The first-order valence-corrected chi connectivity index (χ1v) is 8.04. The topological polar surface area (TPSA) is 47.6 Å². The second-order valence-corrected chi connectivity index (χ2v) is 6.53. The van der Waals surface area contributed by atoms with Crippen molar-refractivity contribution in [3.8, 4) is 0 Å². The van der Waals surface area contributed by atoms with E-state index in [1.54, 1.807) is 0 Å². The van der Waals surface area contributed by atoms with E-state index in [0.717, 1.165) is 45.8 Å². The molecule has 2 unspecified atom stereocenters. The third-order valence-electron chi connectivity index (χ3n) is 4.51. The van der Waals surface area contributed by atoms with Crippen LogP contribution in [0, 0.1) is 5.92 Å². The van der Waals surface area contributed by atoms with E-state index < -0.39 is 0 Å². The van der Waals surface area contributed by atoms with Crippen LogP contribution in [0.25, 0.3) is 0 Å². The Morgan fingerprint density at radius 3 is 2.50 bits per heavy atom. The number of amides is 1. The van der Waals surface area contributed by atoms with E-state index in [1.807, 2.05) is 6.92 Å². The van der Waals surface area contributed by atoms with Crippen LogP contribution in [0.3, 0.4) is 0 Å². The summed E-state index contributed by atoms with van der Waals surface area (Å²) in [5.41, 5.74) is 0. The van der Waals surface area contributed by atoms with Gasteiger partial charge in [-0.2, -0.15) is 0 Å². The van der Waals surface area contributed by atoms with Crippen molar-refractivity contribution in [3.63, 3.8) is 0 Å². The first kappa shape index (κ1) is 15.7. The van der Waals surface area contributed by atoms with Crippen molar-refractivity contribution in [1.29, 1.82) is 0 Å². The van der Waals surface area contributed by atoms with Crippen LogP contribution in [-0.2, 0) is 4.79 Å². The van der Waals surface area contributed by atoms with Crippen LogP contribution in [0.5, 0.6) is 0 Å². The van der Waals surface area contributed by atoms with Crippen LogP contribution < -0.4 is 10.6 Å². The van der Waals surface area contributed by atoms with E-state index in [4.69, 9.17) is 0 Å². The van der Waals surface area contributed by atoms with Crippen LogP contribution >= 0.6 is 0 Å². The molecular weight excluding hydrogens is 252 g/mol. The second-order valence-electron chi connectivity index (χ2n) is 6.53. The minimum atomic E-state index is -0.00222. The maximum absolute atomic E-state index is 12.1. The summed E-state index contributed by atoms with van der Waals surface area (Å²) in [6.45, 7) is 13.5. The molecule has 0 aromatic heterocycles. The largest absolute Gasteiger partial charge is 0.354 e. The van der Waals surface area contributed by atoms with E-state index in [2.05, 4.69) is 34.3 Å². The molecule has 2 saturated heterocycles. The summed E-state index contributed by atoms with van der Waals surface area (Å²) in [6.07, 6.45) is 1.27. The predicted octanol–water partition coefficient (Wildman–Crippen LogP) is 0.127. The highest BCUT2D eigenvalue weighted by Crippen LogP contribution is 2.13. The zero-order chi connectivity index (χ0) is 14.5. The SMILES string of the molecule is CC(C)CNC(=O)C(C)N1CCN(C2CCNC2)CC1. The van der Waals surface area contributed by atoms with E-state index >= 15 is 0 Å². The molecular formula is C15H30N4O. The Morgan fingerprint density at radius 2 is 1.95 bits per heavy atom.